The van der Waals surface area contributed by atoms with E-state index in [4.69, 9.17) is 4.42 Å². The molecule has 0 N–H and O–H groups in total. The third-order valence-corrected chi connectivity index (χ3v) is 11.5. The van der Waals surface area contributed by atoms with Gasteiger partial charge in [0.1, 0.15) is 11.2 Å². The van der Waals surface area contributed by atoms with Crippen LogP contribution in [0.3, 0.4) is 0 Å². The van der Waals surface area contributed by atoms with E-state index in [0.717, 1.165) is 38.9 Å². The molecule has 0 aliphatic rings. The number of furan rings is 1. The molecule has 0 atom stereocenters. The highest BCUT2D eigenvalue weighted by Crippen LogP contribution is 2.44. The summed E-state index contributed by atoms with van der Waals surface area (Å²) >= 11 is 0. The number of fused-ring (bicyclic) bond motifs is 11. The number of rotatable bonds is 4. The third kappa shape index (κ3) is 4.38. The summed E-state index contributed by atoms with van der Waals surface area (Å²) in [5.74, 6) is 0. The fourth-order valence-corrected chi connectivity index (χ4v) is 9.16. The van der Waals surface area contributed by atoms with Crippen molar-refractivity contribution >= 4 is 76.3 Å². The Bertz CT molecular complexity index is 3470. The van der Waals surface area contributed by atoms with Crippen molar-refractivity contribution in [1.29, 1.82) is 0 Å². The van der Waals surface area contributed by atoms with Crippen LogP contribution in [0, 0.1) is 0 Å². The number of nitrogens with zero attached hydrogens (tertiary/aromatic N) is 2. The Labute approximate surface area is 316 Å². The minimum Gasteiger partial charge on any atom is -0.456 e. The lowest BCUT2D eigenvalue weighted by atomic mass is 9.94. The quantitative estimate of drug-likeness (QED) is 0.179. The predicted octanol–water partition coefficient (Wildman–Crippen LogP) is 14.3. The molecule has 3 heteroatoms. The molecular formula is C52H32N2O. The largest absolute Gasteiger partial charge is 0.456 e. The zero-order valence-corrected chi connectivity index (χ0v) is 29.8. The molecule has 0 amide bonds. The highest BCUT2D eigenvalue weighted by Gasteiger charge is 2.20. The summed E-state index contributed by atoms with van der Waals surface area (Å²) in [5.41, 5.74) is 13.6. The van der Waals surface area contributed by atoms with E-state index < -0.39 is 0 Å². The third-order valence-electron chi connectivity index (χ3n) is 11.5. The van der Waals surface area contributed by atoms with Gasteiger partial charge in [-0.3, -0.25) is 0 Å². The fourth-order valence-electron chi connectivity index (χ4n) is 9.16. The van der Waals surface area contributed by atoms with Crippen LogP contribution in [0.15, 0.2) is 199 Å². The highest BCUT2D eigenvalue weighted by atomic mass is 16.3. The van der Waals surface area contributed by atoms with E-state index in [-0.39, 0.29) is 0 Å². The van der Waals surface area contributed by atoms with E-state index in [9.17, 15) is 0 Å². The fraction of sp³-hybridized carbons (Fsp3) is 0. The molecule has 3 aromatic heterocycles. The Kier molecular flexibility index (Phi) is 6.34. The summed E-state index contributed by atoms with van der Waals surface area (Å²) in [7, 11) is 0. The first-order chi connectivity index (χ1) is 27.3. The zero-order valence-electron chi connectivity index (χ0n) is 29.8. The van der Waals surface area contributed by atoms with Gasteiger partial charge in [-0.2, -0.15) is 0 Å². The summed E-state index contributed by atoms with van der Waals surface area (Å²) in [6.07, 6.45) is 0. The molecule has 0 aliphatic heterocycles. The van der Waals surface area contributed by atoms with E-state index in [0.29, 0.717) is 0 Å². The molecular weight excluding hydrogens is 669 g/mol. The maximum Gasteiger partial charge on any atom is 0.136 e. The average molecular weight is 701 g/mol. The second kappa shape index (κ2) is 11.6. The highest BCUT2D eigenvalue weighted by molar-refractivity contribution is 6.23. The Hall–Kier alpha value is -7.36. The lowest BCUT2D eigenvalue weighted by molar-refractivity contribution is 0.669. The van der Waals surface area contributed by atoms with E-state index in [1.54, 1.807) is 0 Å². The van der Waals surface area contributed by atoms with Gasteiger partial charge in [0.25, 0.3) is 0 Å². The lowest BCUT2D eigenvalue weighted by Crippen LogP contribution is -1.93. The average Bonchev–Trinajstić information content (AvgIpc) is 3.91. The minimum atomic E-state index is 0.887. The van der Waals surface area contributed by atoms with Gasteiger partial charge in [-0.1, -0.05) is 121 Å². The van der Waals surface area contributed by atoms with Crippen LogP contribution in [0.2, 0.25) is 0 Å². The smallest absolute Gasteiger partial charge is 0.136 e. The zero-order chi connectivity index (χ0) is 36.0. The summed E-state index contributed by atoms with van der Waals surface area (Å²) in [5, 5.41) is 9.76. The molecule has 0 bridgehead atoms. The van der Waals surface area contributed by atoms with Crippen LogP contribution in [-0.4, -0.2) is 9.13 Å². The second-order valence-electron chi connectivity index (χ2n) is 14.5. The Balaban J connectivity index is 1.10. The lowest BCUT2D eigenvalue weighted by Gasteiger charge is -2.10. The van der Waals surface area contributed by atoms with Gasteiger partial charge in [0.05, 0.1) is 22.1 Å². The molecule has 9 aromatic carbocycles. The van der Waals surface area contributed by atoms with E-state index in [2.05, 4.69) is 203 Å². The molecule has 0 saturated carbocycles. The van der Waals surface area contributed by atoms with Gasteiger partial charge in [-0.15, -0.1) is 0 Å². The maximum atomic E-state index is 6.60. The van der Waals surface area contributed by atoms with Crippen LogP contribution in [0.25, 0.3) is 110 Å². The molecule has 0 fully saturated rings. The molecule has 3 nitrogen and oxygen atoms in total. The van der Waals surface area contributed by atoms with E-state index in [1.807, 2.05) is 0 Å². The van der Waals surface area contributed by atoms with E-state index >= 15 is 0 Å². The Morgan fingerprint density at radius 2 is 0.873 bits per heavy atom. The monoisotopic (exact) mass is 700 g/mol. The number of hydrogen-bond donors (Lipinski definition) is 0. The van der Waals surface area contributed by atoms with Crippen LogP contribution in [0.5, 0.6) is 0 Å². The standard InChI is InChI=1S/C52H32N2O/c1-3-14-36(15-4-1)53-44-22-10-9-19-41(44)51-39(20-11-23-46(51)53)40-21-12-24-49-52(40)43-32-35(27-30-48(43)55-49)34-26-28-45-42(31-34)50-38-18-8-7-13-33(38)25-29-47(50)54(45)37-16-5-2-6-17-37/h1-32H. The predicted molar refractivity (Wildman–Crippen MR) is 231 cm³/mol. The van der Waals surface area contributed by atoms with Crippen molar-refractivity contribution in [2.75, 3.05) is 0 Å². The summed E-state index contributed by atoms with van der Waals surface area (Å²) in [6, 6.07) is 70.1. The van der Waals surface area contributed by atoms with Gasteiger partial charge in [-0.05, 0) is 106 Å². The number of para-hydroxylation sites is 3. The summed E-state index contributed by atoms with van der Waals surface area (Å²) in [4.78, 5) is 0. The van der Waals surface area contributed by atoms with Gasteiger partial charge in [-0.25, -0.2) is 0 Å². The van der Waals surface area contributed by atoms with Crippen molar-refractivity contribution in [1.82, 2.24) is 9.13 Å². The van der Waals surface area contributed by atoms with Crippen LogP contribution < -0.4 is 0 Å². The van der Waals surface area contributed by atoms with Crippen LogP contribution in [0.1, 0.15) is 0 Å². The van der Waals surface area contributed by atoms with Gasteiger partial charge in [0.15, 0.2) is 0 Å². The molecule has 0 radical (unpaired) electrons. The summed E-state index contributed by atoms with van der Waals surface area (Å²) in [6.45, 7) is 0. The maximum absolute atomic E-state index is 6.60. The van der Waals surface area contributed by atoms with Crippen LogP contribution >= 0.6 is 0 Å². The Morgan fingerprint density at radius 3 is 1.65 bits per heavy atom. The van der Waals surface area contributed by atoms with Crippen molar-refractivity contribution in [3.8, 4) is 33.6 Å². The number of aromatic nitrogens is 2. The topological polar surface area (TPSA) is 23.0 Å². The van der Waals surface area contributed by atoms with E-state index in [1.165, 1.54) is 71.1 Å². The first kappa shape index (κ1) is 30.1. The first-order valence-electron chi connectivity index (χ1n) is 18.9. The van der Waals surface area contributed by atoms with Crippen molar-refractivity contribution in [2.24, 2.45) is 0 Å². The SMILES string of the molecule is c1ccc(-n2c3ccccc3c3c(-c4cccc5oc6ccc(-c7ccc8c(c7)c7c9ccccc9ccc7n8-c7ccccc7)cc6c45)cccc32)cc1. The molecule has 0 spiro atoms. The van der Waals surface area contributed by atoms with Gasteiger partial charge in [0, 0.05) is 43.7 Å². The molecule has 12 aromatic rings. The van der Waals surface area contributed by atoms with Gasteiger partial charge >= 0.3 is 0 Å². The molecule has 12 rings (SSSR count). The van der Waals surface area contributed by atoms with Crippen LogP contribution in [-0.2, 0) is 0 Å². The first-order valence-corrected chi connectivity index (χ1v) is 18.9. The van der Waals surface area contributed by atoms with Gasteiger partial charge in [0.2, 0.25) is 0 Å². The van der Waals surface area contributed by atoms with Crippen molar-refractivity contribution in [2.45, 2.75) is 0 Å². The molecule has 0 unspecified atom stereocenters. The Morgan fingerprint density at radius 1 is 0.309 bits per heavy atom. The van der Waals surface area contributed by atoms with Crippen molar-refractivity contribution in [3.63, 3.8) is 0 Å². The molecule has 0 aliphatic carbocycles. The van der Waals surface area contributed by atoms with Gasteiger partial charge < -0.3 is 13.6 Å². The normalized spacial score (nSPS) is 12.0. The molecule has 0 saturated heterocycles. The summed E-state index contributed by atoms with van der Waals surface area (Å²) < 4.78 is 11.4. The van der Waals surface area contributed by atoms with Crippen molar-refractivity contribution < 1.29 is 4.42 Å². The van der Waals surface area contributed by atoms with Crippen LogP contribution in [0.4, 0.5) is 0 Å². The molecule has 3 heterocycles. The number of hydrogen-bond acceptors (Lipinski definition) is 1. The van der Waals surface area contributed by atoms with Crippen molar-refractivity contribution in [3.05, 3.63) is 194 Å². The molecule has 256 valence electrons. The molecule has 55 heavy (non-hydrogen) atoms. The second-order valence-corrected chi connectivity index (χ2v) is 14.5. The number of benzene rings is 9. The minimum absolute atomic E-state index is 0.887.